The van der Waals surface area contributed by atoms with Crippen LogP contribution in [-0.4, -0.2) is 23.2 Å². The summed E-state index contributed by atoms with van der Waals surface area (Å²) in [5, 5.41) is 13.5. The summed E-state index contributed by atoms with van der Waals surface area (Å²) in [6.45, 7) is 7.06. The number of hydrogen-bond donors (Lipinski definition) is 2. The van der Waals surface area contributed by atoms with Gasteiger partial charge in [0.05, 0.1) is 0 Å². The molecular formula is C12H23NO2. The van der Waals surface area contributed by atoms with Crippen molar-refractivity contribution >= 4 is 0 Å². The zero-order valence-corrected chi connectivity index (χ0v) is 10.0. The van der Waals surface area contributed by atoms with Crippen LogP contribution in [0, 0.1) is 11.8 Å². The second-order valence-corrected chi connectivity index (χ2v) is 5.62. The first-order valence-corrected chi connectivity index (χ1v) is 6.12. The van der Waals surface area contributed by atoms with E-state index in [0.29, 0.717) is 11.8 Å². The molecule has 15 heavy (non-hydrogen) atoms. The molecule has 2 aliphatic rings. The van der Waals surface area contributed by atoms with Gasteiger partial charge in [-0.3, -0.25) is 5.32 Å². The minimum absolute atomic E-state index is 0.265. The van der Waals surface area contributed by atoms with Crippen LogP contribution < -0.4 is 5.32 Å². The monoisotopic (exact) mass is 213 g/mol. The van der Waals surface area contributed by atoms with Gasteiger partial charge >= 0.3 is 0 Å². The third-order valence-corrected chi connectivity index (χ3v) is 3.61. The maximum absolute atomic E-state index is 10.1. The van der Waals surface area contributed by atoms with E-state index in [9.17, 15) is 5.11 Å². The maximum Gasteiger partial charge on any atom is 0.165 e. The normalized spacial score (nSPS) is 50.4. The minimum atomic E-state index is -0.939. The summed E-state index contributed by atoms with van der Waals surface area (Å²) in [5.41, 5.74) is -0.265. The van der Waals surface area contributed by atoms with Crippen LogP contribution in [0.15, 0.2) is 0 Å². The third-order valence-electron chi connectivity index (χ3n) is 3.61. The van der Waals surface area contributed by atoms with E-state index in [1.165, 1.54) is 6.42 Å². The SMILES string of the molecule is CCNC12CC(C)CC(CC(C)(O)O1)C2. The van der Waals surface area contributed by atoms with Crippen LogP contribution in [0.1, 0.15) is 46.5 Å². The molecule has 2 rings (SSSR count). The van der Waals surface area contributed by atoms with Crippen molar-refractivity contribution in [1.82, 2.24) is 5.32 Å². The van der Waals surface area contributed by atoms with Gasteiger partial charge in [0, 0.05) is 6.42 Å². The molecule has 0 amide bonds. The summed E-state index contributed by atoms with van der Waals surface area (Å²) < 4.78 is 5.89. The van der Waals surface area contributed by atoms with Crippen LogP contribution in [0.3, 0.4) is 0 Å². The summed E-state index contributed by atoms with van der Waals surface area (Å²) in [6, 6.07) is 0. The lowest BCUT2D eigenvalue weighted by atomic mass is 9.72. The zero-order valence-electron chi connectivity index (χ0n) is 10.0. The molecule has 0 aromatic heterocycles. The molecule has 1 aliphatic carbocycles. The van der Waals surface area contributed by atoms with E-state index >= 15 is 0 Å². The molecule has 2 bridgehead atoms. The lowest BCUT2D eigenvalue weighted by Crippen LogP contribution is -2.61. The van der Waals surface area contributed by atoms with Gasteiger partial charge in [-0.05, 0) is 44.6 Å². The average Bonchev–Trinajstić information content (AvgIpc) is 1.97. The molecule has 2 fully saturated rings. The molecule has 3 nitrogen and oxygen atoms in total. The number of rotatable bonds is 2. The Morgan fingerprint density at radius 3 is 2.80 bits per heavy atom. The van der Waals surface area contributed by atoms with Crippen molar-refractivity contribution in [2.24, 2.45) is 11.8 Å². The first kappa shape index (κ1) is 11.4. The van der Waals surface area contributed by atoms with Crippen molar-refractivity contribution in [3.05, 3.63) is 0 Å². The van der Waals surface area contributed by atoms with Crippen LogP contribution in [-0.2, 0) is 4.74 Å². The van der Waals surface area contributed by atoms with Crippen molar-refractivity contribution in [2.75, 3.05) is 6.54 Å². The molecule has 1 saturated carbocycles. The van der Waals surface area contributed by atoms with Gasteiger partial charge in [-0.25, -0.2) is 0 Å². The van der Waals surface area contributed by atoms with Gasteiger partial charge in [0.25, 0.3) is 0 Å². The largest absolute Gasteiger partial charge is 0.366 e. The molecule has 2 N–H and O–H groups in total. The number of fused-ring (bicyclic) bond motifs is 2. The molecule has 1 saturated heterocycles. The predicted octanol–water partition coefficient (Wildman–Crippen LogP) is 1.86. The molecule has 4 unspecified atom stereocenters. The summed E-state index contributed by atoms with van der Waals surface area (Å²) in [7, 11) is 0. The Kier molecular flexibility index (Phi) is 2.82. The molecule has 0 radical (unpaired) electrons. The highest BCUT2D eigenvalue weighted by Gasteiger charge is 2.49. The first-order chi connectivity index (χ1) is 6.95. The Morgan fingerprint density at radius 2 is 2.13 bits per heavy atom. The summed E-state index contributed by atoms with van der Waals surface area (Å²) >= 11 is 0. The van der Waals surface area contributed by atoms with Crippen LogP contribution in [0.5, 0.6) is 0 Å². The fourth-order valence-electron chi connectivity index (χ4n) is 3.59. The van der Waals surface area contributed by atoms with Crippen molar-refractivity contribution in [3.8, 4) is 0 Å². The Balaban J connectivity index is 2.17. The van der Waals surface area contributed by atoms with Crippen molar-refractivity contribution in [3.63, 3.8) is 0 Å². The number of nitrogens with one attached hydrogen (secondary N) is 1. The van der Waals surface area contributed by atoms with E-state index in [0.717, 1.165) is 25.8 Å². The van der Waals surface area contributed by atoms with Crippen molar-refractivity contribution in [1.29, 1.82) is 0 Å². The van der Waals surface area contributed by atoms with Gasteiger partial charge in [-0.2, -0.15) is 0 Å². The lowest BCUT2D eigenvalue weighted by molar-refractivity contribution is -0.316. The Morgan fingerprint density at radius 1 is 1.40 bits per heavy atom. The number of hydrogen-bond acceptors (Lipinski definition) is 3. The van der Waals surface area contributed by atoms with E-state index in [4.69, 9.17) is 4.74 Å². The molecule has 88 valence electrons. The average molecular weight is 213 g/mol. The van der Waals surface area contributed by atoms with Gasteiger partial charge < -0.3 is 9.84 Å². The first-order valence-electron chi connectivity index (χ1n) is 6.12. The quantitative estimate of drug-likeness (QED) is 0.735. The smallest absolute Gasteiger partial charge is 0.165 e. The Bertz CT molecular complexity index is 238. The molecule has 0 aromatic carbocycles. The fourth-order valence-corrected chi connectivity index (χ4v) is 3.59. The summed E-state index contributed by atoms with van der Waals surface area (Å²) in [6.07, 6.45) is 4.09. The fraction of sp³-hybridized carbons (Fsp3) is 1.00. The van der Waals surface area contributed by atoms with Crippen molar-refractivity contribution in [2.45, 2.75) is 58.0 Å². The third kappa shape index (κ3) is 2.35. The van der Waals surface area contributed by atoms with Gasteiger partial charge in [-0.15, -0.1) is 0 Å². The highest BCUT2D eigenvalue weighted by molar-refractivity contribution is 4.95. The van der Waals surface area contributed by atoms with Crippen LogP contribution in [0.25, 0.3) is 0 Å². The molecule has 0 aromatic rings. The highest BCUT2D eigenvalue weighted by atomic mass is 16.6. The summed E-state index contributed by atoms with van der Waals surface area (Å²) in [4.78, 5) is 0. The van der Waals surface area contributed by atoms with Gasteiger partial charge in [0.2, 0.25) is 0 Å². The standard InChI is InChI=1S/C12H23NO2/c1-4-13-12-6-9(2)5-10(8-12)7-11(3,14)15-12/h9-10,13-14H,4-8H2,1-3H3. The van der Waals surface area contributed by atoms with Gasteiger partial charge in [0.1, 0.15) is 5.72 Å². The molecule has 3 heteroatoms. The number of aliphatic hydroxyl groups is 1. The molecular weight excluding hydrogens is 190 g/mol. The Hall–Kier alpha value is -0.120. The maximum atomic E-state index is 10.1. The summed E-state index contributed by atoms with van der Waals surface area (Å²) in [5.74, 6) is 0.362. The van der Waals surface area contributed by atoms with E-state index < -0.39 is 5.79 Å². The molecule has 0 spiro atoms. The van der Waals surface area contributed by atoms with E-state index in [-0.39, 0.29) is 5.72 Å². The predicted molar refractivity (Wildman–Crippen MR) is 59.2 cm³/mol. The second-order valence-electron chi connectivity index (χ2n) is 5.62. The van der Waals surface area contributed by atoms with Crippen molar-refractivity contribution < 1.29 is 9.84 Å². The number of ether oxygens (including phenoxy) is 1. The van der Waals surface area contributed by atoms with Crippen LogP contribution >= 0.6 is 0 Å². The van der Waals surface area contributed by atoms with E-state index in [2.05, 4.69) is 19.2 Å². The topological polar surface area (TPSA) is 41.5 Å². The Labute approximate surface area is 92.2 Å². The van der Waals surface area contributed by atoms with Gasteiger partial charge in [0.15, 0.2) is 5.79 Å². The van der Waals surface area contributed by atoms with Crippen LogP contribution in [0.4, 0.5) is 0 Å². The highest BCUT2D eigenvalue weighted by Crippen LogP contribution is 2.46. The zero-order chi connectivity index (χ0) is 11.1. The molecule has 1 aliphatic heterocycles. The molecule has 1 heterocycles. The van der Waals surface area contributed by atoms with Gasteiger partial charge in [-0.1, -0.05) is 13.8 Å². The molecule has 4 atom stereocenters. The lowest BCUT2D eigenvalue weighted by Gasteiger charge is -2.52. The van der Waals surface area contributed by atoms with Crippen LogP contribution in [0.2, 0.25) is 0 Å². The minimum Gasteiger partial charge on any atom is -0.366 e. The van der Waals surface area contributed by atoms with E-state index in [1.807, 2.05) is 0 Å². The second kappa shape index (κ2) is 3.72. The van der Waals surface area contributed by atoms with E-state index in [1.54, 1.807) is 6.92 Å².